The second-order valence-electron chi connectivity index (χ2n) is 5.44. The molecule has 1 aromatic carbocycles. The van der Waals surface area contributed by atoms with Gasteiger partial charge in [-0.3, -0.25) is 0 Å². The van der Waals surface area contributed by atoms with Crippen molar-refractivity contribution in [3.8, 4) is 0 Å². The molecule has 2 saturated heterocycles. The lowest BCUT2D eigenvalue weighted by molar-refractivity contribution is 0.125. The first-order valence-electron chi connectivity index (χ1n) is 7.58. The molecule has 21 heavy (non-hydrogen) atoms. The van der Waals surface area contributed by atoms with Gasteiger partial charge in [0.25, 0.3) is 0 Å². The average molecular weight is 286 g/mol. The van der Waals surface area contributed by atoms with Crippen LogP contribution >= 0.6 is 0 Å². The predicted molar refractivity (Wildman–Crippen MR) is 85.2 cm³/mol. The zero-order chi connectivity index (χ0) is 14.5. The molecule has 0 N–H and O–H groups in total. The van der Waals surface area contributed by atoms with Crippen molar-refractivity contribution in [2.24, 2.45) is 9.98 Å². The number of rotatable bonds is 1. The minimum Gasteiger partial charge on any atom is -0.372 e. The summed E-state index contributed by atoms with van der Waals surface area (Å²) in [5.41, 5.74) is 0.947. The molecule has 2 fully saturated rings. The van der Waals surface area contributed by atoms with Crippen LogP contribution in [0.5, 0.6) is 0 Å². The summed E-state index contributed by atoms with van der Waals surface area (Å²) < 4.78 is 5.52. The van der Waals surface area contributed by atoms with Gasteiger partial charge < -0.3 is 14.5 Å². The molecule has 5 heteroatoms. The van der Waals surface area contributed by atoms with E-state index in [2.05, 4.69) is 16.8 Å². The largest absolute Gasteiger partial charge is 0.372 e. The molecular formula is C16H22N4O. The molecule has 0 unspecified atom stereocenters. The topological polar surface area (TPSA) is 40.4 Å². The number of morpholine rings is 1. The molecule has 0 saturated carbocycles. The Morgan fingerprint density at radius 3 is 2.57 bits per heavy atom. The number of hydrogen-bond donors (Lipinski definition) is 0. The van der Waals surface area contributed by atoms with Gasteiger partial charge in [-0.05, 0) is 25.0 Å². The Hall–Kier alpha value is -1.88. The van der Waals surface area contributed by atoms with Crippen LogP contribution in [0.1, 0.15) is 12.8 Å². The molecule has 5 nitrogen and oxygen atoms in total. The van der Waals surface area contributed by atoms with E-state index in [1.165, 1.54) is 12.8 Å². The third kappa shape index (κ3) is 3.61. The molecule has 3 rings (SSSR count). The molecule has 0 atom stereocenters. The number of guanidine groups is 1. The first kappa shape index (κ1) is 14.1. The molecule has 112 valence electrons. The summed E-state index contributed by atoms with van der Waals surface area (Å²) in [7, 11) is 2.06. The van der Waals surface area contributed by atoms with Crippen LogP contribution in [0.25, 0.3) is 0 Å². The normalized spacial score (nSPS) is 22.1. The zero-order valence-corrected chi connectivity index (χ0v) is 12.5. The minimum atomic E-state index is 0.568. The van der Waals surface area contributed by atoms with E-state index in [0.29, 0.717) is 6.61 Å². The lowest BCUT2D eigenvalue weighted by Crippen LogP contribution is -2.40. The molecule has 0 radical (unpaired) electrons. The molecule has 2 heterocycles. The Bertz CT molecular complexity index is 520. The molecule has 0 amide bonds. The fraction of sp³-hybridized carbons (Fsp3) is 0.500. The number of nitrogens with zero attached hydrogens (tertiary/aromatic N) is 4. The van der Waals surface area contributed by atoms with Gasteiger partial charge in [0.15, 0.2) is 0 Å². The SMILES string of the molecule is CN1CCOCC1=NC(=Nc1ccccc1)N1CCCC1. The van der Waals surface area contributed by atoms with Crippen LogP contribution in [-0.2, 0) is 4.74 Å². The van der Waals surface area contributed by atoms with Crippen molar-refractivity contribution >= 4 is 17.5 Å². The van der Waals surface area contributed by atoms with E-state index in [1.807, 2.05) is 30.3 Å². The highest BCUT2D eigenvalue weighted by atomic mass is 16.5. The second kappa shape index (κ2) is 6.72. The monoisotopic (exact) mass is 286 g/mol. The zero-order valence-electron chi connectivity index (χ0n) is 12.5. The maximum Gasteiger partial charge on any atom is 0.227 e. The second-order valence-corrected chi connectivity index (χ2v) is 5.44. The van der Waals surface area contributed by atoms with Gasteiger partial charge in [0.1, 0.15) is 12.4 Å². The fourth-order valence-electron chi connectivity index (χ4n) is 2.54. The highest BCUT2D eigenvalue weighted by Crippen LogP contribution is 2.16. The number of hydrogen-bond acceptors (Lipinski definition) is 2. The highest BCUT2D eigenvalue weighted by Gasteiger charge is 2.19. The van der Waals surface area contributed by atoms with E-state index < -0.39 is 0 Å². The van der Waals surface area contributed by atoms with Crippen LogP contribution < -0.4 is 0 Å². The van der Waals surface area contributed by atoms with Gasteiger partial charge in [0, 0.05) is 26.7 Å². The summed E-state index contributed by atoms with van der Waals surface area (Å²) in [6.07, 6.45) is 2.43. The van der Waals surface area contributed by atoms with Gasteiger partial charge in [-0.25, -0.2) is 4.99 Å². The number of benzene rings is 1. The number of amidine groups is 1. The van der Waals surface area contributed by atoms with Crippen LogP contribution in [0.2, 0.25) is 0 Å². The quantitative estimate of drug-likeness (QED) is 0.586. The molecule has 0 aromatic heterocycles. The van der Waals surface area contributed by atoms with Crippen molar-refractivity contribution < 1.29 is 4.74 Å². The van der Waals surface area contributed by atoms with Gasteiger partial charge in [-0.15, -0.1) is 0 Å². The third-order valence-electron chi connectivity index (χ3n) is 3.85. The number of likely N-dealkylation sites (tertiary alicyclic amines) is 1. The maximum absolute atomic E-state index is 5.52. The van der Waals surface area contributed by atoms with Gasteiger partial charge >= 0.3 is 0 Å². The summed E-state index contributed by atoms with van der Waals surface area (Å²) in [5, 5.41) is 0. The average Bonchev–Trinajstić information content (AvgIpc) is 3.04. The molecular weight excluding hydrogens is 264 g/mol. The van der Waals surface area contributed by atoms with Crippen LogP contribution in [0.4, 0.5) is 5.69 Å². The van der Waals surface area contributed by atoms with Crippen LogP contribution in [0.15, 0.2) is 40.3 Å². The first-order chi connectivity index (χ1) is 10.3. The number of ether oxygens (including phenoxy) is 1. The molecule has 0 aliphatic carbocycles. The summed E-state index contributed by atoms with van der Waals surface area (Å²) in [5.74, 6) is 1.77. The smallest absolute Gasteiger partial charge is 0.227 e. The number of aliphatic imine (C=N–C) groups is 2. The Balaban J connectivity index is 1.88. The molecule has 0 spiro atoms. The molecule has 2 aliphatic rings. The van der Waals surface area contributed by atoms with E-state index in [9.17, 15) is 0 Å². The predicted octanol–water partition coefficient (Wildman–Crippen LogP) is 2.13. The molecule has 2 aliphatic heterocycles. The van der Waals surface area contributed by atoms with E-state index in [0.717, 1.165) is 43.7 Å². The first-order valence-corrected chi connectivity index (χ1v) is 7.58. The highest BCUT2D eigenvalue weighted by molar-refractivity contribution is 5.97. The Kier molecular flexibility index (Phi) is 4.50. The van der Waals surface area contributed by atoms with E-state index in [1.54, 1.807) is 0 Å². The van der Waals surface area contributed by atoms with Gasteiger partial charge in [0.2, 0.25) is 5.96 Å². The number of para-hydroxylation sites is 1. The number of likely N-dealkylation sites (N-methyl/N-ethyl adjacent to an activating group) is 1. The van der Waals surface area contributed by atoms with Crippen LogP contribution in [0.3, 0.4) is 0 Å². The third-order valence-corrected chi connectivity index (χ3v) is 3.85. The minimum absolute atomic E-state index is 0.568. The van der Waals surface area contributed by atoms with Crippen molar-refractivity contribution in [1.29, 1.82) is 0 Å². The summed E-state index contributed by atoms with van der Waals surface area (Å²) in [6.45, 7) is 4.29. The molecule has 1 aromatic rings. The van der Waals surface area contributed by atoms with E-state index >= 15 is 0 Å². The summed E-state index contributed by atoms with van der Waals surface area (Å²) in [6, 6.07) is 10.0. The lowest BCUT2D eigenvalue weighted by atomic mass is 10.3. The van der Waals surface area contributed by atoms with Gasteiger partial charge in [-0.2, -0.15) is 4.99 Å². The van der Waals surface area contributed by atoms with Gasteiger partial charge in [-0.1, -0.05) is 18.2 Å². The molecule has 0 bridgehead atoms. The summed E-state index contributed by atoms with van der Waals surface area (Å²) >= 11 is 0. The van der Waals surface area contributed by atoms with Crippen molar-refractivity contribution in [3.63, 3.8) is 0 Å². The van der Waals surface area contributed by atoms with Crippen LogP contribution in [-0.4, -0.2) is 61.5 Å². The van der Waals surface area contributed by atoms with E-state index in [4.69, 9.17) is 14.7 Å². The maximum atomic E-state index is 5.52. The fourth-order valence-corrected chi connectivity index (χ4v) is 2.54. The van der Waals surface area contributed by atoms with Crippen molar-refractivity contribution in [2.45, 2.75) is 12.8 Å². The van der Waals surface area contributed by atoms with Crippen molar-refractivity contribution in [2.75, 3.05) is 39.9 Å². The Morgan fingerprint density at radius 1 is 1.10 bits per heavy atom. The van der Waals surface area contributed by atoms with Crippen molar-refractivity contribution in [3.05, 3.63) is 30.3 Å². The Morgan fingerprint density at radius 2 is 1.86 bits per heavy atom. The summed E-state index contributed by atoms with van der Waals surface area (Å²) in [4.78, 5) is 13.9. The van der Waals surface area contributed by atoms with Gasteiger partial charge in [0.05, 0.1) is 12.3 Å². The van der Waals surface area contributed by atoms with Crippen molar-refractivity contribution in [1.82, 2.24) is 9.80 Å². The van der Waals surface area contributed by atoms with E-state index in [-0.39, 0.29) is 0 Å². The lowest BCUT2D eigenvalue weighted by Gasteiger charge is -2.27. The standard InChI is InChI=1S/C16H22N4O/c1-19-11-12-21-13-15(19)18-16(20-9-5-6-10-20)17-14-7-3-2-4-8-14/h2-4,7-8H,5-6,9-13H2,1H3. The van der Waals surface area contributed by atoms with Crippen LogP contribution in [0, 0.1) is 0 Å². The Labute approximate surface area is 125 Å².